The summed E-state index contributed by atoms with van der Waals surface area (Å²) in [6.45, 7) is 7.22. The van der Waals surface area contributed by atoms with Crippen LogP contribution in [0.4, 0.5) is 10.6 Å². The first-order chi connectivity index (χ1) is 9.38. The summed E-state index contributed by atoms with van der Waals surface area (Å²) >= 11 is 0. The smallest absolute Gasteiger partial charge is 0.407 e. The minimum Gasteiger partial charge on any atom is -0.444 e. The molecule has 0 bridgehead atoms. The standard InChI is InChI=1S/C10H18NO2.C5H5N2.Au/c1-10(2,3)13-9(12)11-7-5-4-6-8-11;6-5-3-1-2-4-7-5;/h5H,4,6-8H2,1-3H3;1-2,4H,(H2,6,7);/q2*-1;. The number of nitrogen functional groups attached to an aromatic ring is 1. The molecular weight excluding hydrogens is 451 g/mol. The third kappa shape index (κ3) is 9.50. The van der Waals surface area contributed by atoms with Crippen molar-refractivity contribution in [3.05, 3.63) is 30.8 Å². The van der Waals surface area contributed by atoms with Crippen LogP contribution in [0.2, 0.25) is 0 Å². The van der Waals surface area contributed by atoms with E-state index in [0.29, 0.717) is 5.82 Å². The van der Waals surface area contributed by atoms with E-state index in [-0.39, 0.29) is 34.1 Å². The third-order valence-corrected chi connectivity index (χ3v) is 2.46. The average molecular weight is 474 g/mol. The summed E-state index contributed by atoms with van der Waals surface area (Å²) in [5.74, 6) is 0.447. The number of anilines is 1. The maximum atomic E-state index is 11.5. The number of piperidine rings is 1. The van der Waals surface area contributed by atoms with Crippen molar-refractivity contribution in [3.8, 4) is 0 Å². The maximum absolute atomic E-state index is 11.5. The summed E-state index contributed by atoms with van der Waals surface area (Å²) in [5, 5.41) is 0. The Hall–Kier alpha value is -1.04. The number of ether oxygens (including phenoxy) is 1. The molecule has 0 aromatic carbocycles. The van der Waals surface area contributed by atoms with E-state index in [1.165, 1.54) is 0 Å². The Morgan fingerprint density at radius 2 is 2.24 bits per heavy atom. The molecule has 123 valence electrons. The number of carbonyl (C=O) groups is 1. The van der Waals surface area contributed by atoms with Gasteiger partial charge in [-0.25, -0.2) is 16.9 Å². The molecule has 2 rings (SSSR count). The number of likely N-dealkylation sites (tertiary alicyclic amines) is 1. The molecule has 1 aliphatic rings. The van der Waals surface area contributed by atoms with Crippen LogP contribution < -0.4 is 5.73 Å². The van der Waals surface area contributed by atoms with Gasteiger partial charge in [0.15, 0.2) is 0 Å². The van der Waals surface area contributed by atoms with Crippen LogP contribution in [0.15, 0.2) is 18.3 Å². The third-order valence-electron chi connectivity index (χ3n) is 2.46. The van der Waals surface area contributed by atoms with Gasteiger partial charge in [0, 0.05) is 34.7 Å². The van der Waals surface area contributed by atoms with Crippen LogP contribution in [0.1, 0.15) is 33.6 Å². The van der Waals surface area contributed by atoms with Crippen molar-refractivity contribution in [1.29, 1.82) is 0 Å². The second-order valence-electron chi connectivity index (χ2n) is 5.52. The Labute approximate surface area is 142 Å². The van der Waals surface area contributed by atoms with Crippen molar-refractivity contribution in [2.75, 3.05) is 18.8 Å². The Kier molecular flexibility index (Phi) is 9.33. The van der Waals surface area contributed by atoms with E-state index in [2.05, 4.69) is 17.5 Å². The van der Waals surface area contributed by atoms with Crippen LogP contribution in [-0.4, -0.2) is 34.7 Å². The number of rotatable bonds is 0. The van der Waals surface area contributed by atoms with E-state index in [1.54, 1.807) is 23.2 Å². The first-order valence-corrected chi connectivity index (χ1v) is 6.76. The number of nitrogens with two attached hydrogens (primary N) is 1. The van der Waals surface area contributed by atoms with Crippen LogP contribution in [0.5, 0.6) is 0 Å². The van der Waals surface area contributed by atoms with Crippen LogP contribution in [0.25, 0.3) is 0 Å². The quantitative estimate of drug-likeness (QED) is 0.464. The predicted octanol–water partition coefficient (Wildman–Crippen LogP) is 2.68. The fourth-order valence-electron chi connectivity index (χ4n) is 1.59. The average Bonchev–Trinajstić information content (AvgIpc) is 2.39. The summed E-state index contributed by atoms with van der Waals surface area (Å²) in [5.41, 5.74) is 4.81. The molecule has 0 saturated carbocycles. The van der Waals surface area contributed by atoms with Crippen molar-refractivity contribution < 1.29 is 31.9 Å². The van der Waals surface area contributed by atoms with Crippen LogP contribution in [0, 0.1) is 12.5 Å². The molecule has 1 saturated heterocycles. The summed E-state index contributed by atoms with van der Waals surface area (Å²) in [4.78, 5) is 16.9. The molecule has 0 spiro atoms. The molecule has 5 nitrogen and oxygen atoms in total. The van der Waals surface area contributed by atoms with Crippen LogP contribution in [0.3, 0.4) is 0 Å². The van der Waals surface area contributed by atoms with Gasteiger partial charge in [0.1, 0.15) is 5.60 Å². The summed E-state index contributed by atoms with van der Waals surface area (Å²) < 4.78 is 5.24. The van der Waals surface area contributed by atoms with Crippen molar-refractivity contribution in [2.24, 2.45) is 0 Å². The van der Waals surface area contributed by atoms with Gasteiger partial charge in [-0.15, -0.1) is 0 Å². The van der Waals surface area contributed by atoms with Crippen molar-refractivity contribution >= 4 is 11.9 Å². The number of hydrogen-bond acceptors (Lipinski definition) is 4. The van der Waals surface area contributed by atoms with Crippen LogP contribution in [-0.2, 0) is 27.1 Å². The normalized spacial score (nSPS) is 14.3. The van der Waals surface area contributed by atoms with E-state index in [4.69, 9.17) is 10.5 Å². The monoisotopic (exact) mass is 474 g/mol. The summed E-state index contributed by atoms with van der Waals surface area (Å²) in [6.07, 6.45) is 5.72. The van der Waals surface area contributed by atoms with Crippen molar-refractivity contribution in [2.45, 2.75) is 39.2 Å². The molecule has 1 aliphatic heterocycles. The Morgan fingerprint density at radius 3 is 2.62 bits per heavy atom. The van der Waals surface area contributed by atoms with Gasteiger partial charge in [-0.3, -0.25) is 4.98 Å². The van der Waals surface area contributed by atoms with Gasteiger partial charge in [-0.05, 0) is 20.8 Å². The van der Waals surface area contributed by atoms with E-state index < -0.39 is 0 Å². The molecule has 0 aliphatic carbocycles. The molecule has 0 atom stereocenters. The molecule has 6 heteroatoms. The number of pyridine rings is 1. The second kappa shape index (κ2) is 9.82. The zero-order valence-electron chi connectivity index (χ0n) is 12.7. The zero-order valence-corrected chi connectivity index (χ0v) is 14.9. The molecule has 2 N–H and O–H groups in total. The van der Waals surface area contributed by atoms with E-state index in [9.17, 15) is 4.79 Å². The molecule has 2 heterocycles. The van der Waals surface area contributed by atoms with Crippen molar-refractivity contribution in [3.63, 3.8) is 0 Å². The van der Waals surface area contributed by atoms with Gasteiger partial charge in [0.25, 0.3) is 0 Å². The molecular formula is C15H23AuN3O2-2. The Bertz CT molecular complexity index is 401. The fraction of sp³-hybridized carbons (Fsp3) is 0.533. The zero-order chi connectivity index (χ0) is 15.0. The Balaban J connectivity index is 0.000000425. The number of amides is 1. The minimum absolute atomic E-state index is 0. The van der Waals surface area contributed by atoms with Gasteiger partial charge in [0.2, 0.25) is 0 Å². The summed E-state index contributed by atoms with van der Waals surface area (Å²) in [6, 6.07) is 6.20. The molecule has 1 fully saturated rings. The Morgan fingerprint density at radius 1 is 1.52 bits per heavy atom. The van der Waals surface area contributed by atoms with Gasteiger partial charge >= 0.3 is 6.09 Å². The molecule has 1 aromatic heterocycles. The predicted molar refractivity (Wildman–Crippen MR) is 78.8 cm³/mol. The molecule has 21 heavy (non-hydrogen) atoms. The first kappa shape index (κ1) is 20.0. The molecule has 0 unspecified atom stereocenters. The van der Waals surface area contributed by atoms with Crippen molar-refractivity contribution in [1.82, 2.24) is 9.88 Å². The maximum Gasteiger partial charge on any atom is 0.407 e. The number of aromatic nitrogens is 1. The van der Waals surface area contributed by atoms with E-state index >= 15 is 0 Å². The number of carbonyl (C=O) groups excluding carboxylic acids is 1. The van der Waals surface area contributed by atoms with Gasteiger partial charge in [0.05, 0.1) is 0 Å². The largest absolute Gasteiger partial charge is 0.444 e. The fourth-order valence-corrected chi connectivity index (χ4v) is 1.59. The van der Waals surface area contributed by atoms with E-state index in [0.717, 1.165) is 25.9 Å². The second-order valence-corrected chi connectivity index (χ2v) is 5.52. The minimum atomic E-state index is -0.380. The number of nitrogens with zero attached hydrogens (tertiary/aromatic N) is 2. The topological polar surface area (TPSA) is 68.5 Å². The molecule has 1 aromatic rings. The first-order valence-electron chi connectivity index (χ1n) is 6.76. The molecule has 1 amide bonds. The van der Waals surface area contributed by atoms with E-state index in [1.807, 2.05) is 20.8 Å². The van der Waals surface area contributed by atoms with Crippen LogP contribution >= 0.6 is 0 Å². The van der Waals surface area contributed by atoms with Gasteiger partial charge < -0.3 is 21.8 Å². The summed E-state index contributed by atoms with van der Waals surface area (Å²) in [7, 11) is 0. The van der Waals surface area contributed by atoms with Gasteiger partial charge in [-0.2, -0.15) is 12.5 Å². The number of hydrogen-bond donors (Lipinski definition) is 1. The molecule has 1 radical (unpaired) electrons. The SMILES string of the molecule is CC(C)(C)OC(=O)N1C[CH-]CCC1.Nc1[c-]cccn1.[Au]. The van der Waals surface area contributed by atoms with Gasteiger partial charge in [-0.1, -0.05) is 19.2 Å².